The van der Waals surface area contributed by atoms with Crippen LogP contribution in [0, 0.1) is 0 Å². The molecule has 2 atom stereocenters. The van der Waals surface area contributed by atoms with Crippen LogP contribution in [0.4, 0.5) is 5.69 Å². The van der Waals surface area contributed by atoms with Crippen molar-refractivity contribution in [2.45, 2.75) is 25.7 Å². The van der Waals surface area contributed by atoms with Gasteiger partial charge in [-0.2, -0.15) is 0 Å². The van der Waals surface area contributed by atoms with Crippen molar-refractivity contribution in [2.75, 3.05) is 51.4 Å². The molecule has 2 aliphatic rings. The molecule has 0 spiro atoms. The predicted octanol–water partition coefficient (Wildman–Crippen LogP) is 4.78. The van der Waals surface area contributed by atoms with Gasteiger partial charge in [0.15, 0.2) is 5.79 Å². The summed E-state index contributed by atoms with van der Waals surface area (Å²) in [6.45, 7) is 13.0. The molecular weight excluding hydrogens is 472 g/mol. The Bertz CT molecular complexity index is 943. The largest absolute Gasteiger partial charge is 0.497 e. The first-order valence-corrected chi connectivity index (χ1v) is 11.7. The summed E-state index contributed by atoms with van der Waals surface area (Å²) in [5.41, 5.74) is 3.29. The van der Waals surface area contributed by atoms with Crippen molar-refractivity contribution in [1.82, 2.24) is 4.90 Å². The Kier molecular flexibility index (Phi) is 6.98. The van der Waals surface area contributed by atoms with Crippen molar-refractivity contribution in [2.24, 2.45) is 0 Å². The number of piperazine rings is 1. The maximum absolute atomic E-state index is 6.22. The van der Waals surface area contributed by atoms with Crippen LogP contribution in [0.1, 0.15) is 19.4 Å². The van der Waals surface area contributed by atoms with E-state index in [1.54, 1.807) is 7.11 Å². The van der Waals surface area contributed by atoms with E-state index in [1.165, 1.54) is 5.69 Å². The van der Waals surface area contributed by atoms with Gasteiger partial charge < -0.3 is 28.7 Å². The van der Waals surface area contributed by atoms with Crippen molar-refractivity contribution in [3.05, 3.63) is 64.8 Å². The number of anilines is 1. The molecule has 0 bridgehead atoms. The lowest BCUT2D eigenvalue weighted by atomic mass is 10.1. The zero-order valence-corrected chi connectivity index (χ0v) is 20.6. The van der Waals surface area contributed by atoms with Crippen LogP contribution >= 0.6 is 15.9 Å². The summed E-state index contributed by atoms with van der Waals surface area (Å²) in [6, 6.07) is 14.1. The van der Waals surface area contributed by atoms with Crippen molar-refractivity contribution in [3.8, 4) is 11.5 Å². The Morgan fingerprint density at radius 3 is 2.44 bits per heavy atom. The molecular formula is C25H31BrN2O4. The summed E-state index contributed by atoms with van der Waals surface area (Å²) >= 11 is 3.60. The Labute approximate surface area is 198 Å². The van der Waals surface area contributed by atoms with E-state index in [1.807, 2.05) is 37.3 Å². The summed E-state index contributed by atoms with van der Waals surface area (Å²) < 4.78 is 24.4. The topological polar surface area (TPSA) is 43.4 Å². The van der Waals surface area contributed by atoms with Crippen molar-refractivity contribution in [3.63, 3.8) is 0 Å². The van der Waals surface area contributed by atoms with Crippen LogP contribution < -0.4 is 14.4 Å². The quantitative estimate of drug-likeness (QED) is 0.542. The average molecular weight is 503 g/mol. The van der Waals surface area contributed by atoms with Crippen LogP contribution in [0.2, 0.25) is 0 Å². The van der Waals surface area contributed by atoms with E-state index < -0.39 is 5.79 Å². The molecule has 172 valence electrons. The zero-order valence-electron chi connectivity index (χ0n) is 19.0. The maximum Gasteiger partial charge on any atom is 0.193 e. The van der Waals surface area contributed by atoms with Crippen LogP contribution in [-0.2, 0) is 15.3 Å². The fourth-order valence-electron chi connectivity index (χ4n) is 4.14. The molecule has 7 heteroatoms. The summed E-state index contributed by atoms with van der Waals surface area (Å²) in [5, 5.41) is 0. The summed E-state index contributed by atoms with van der Waals surface area (Å²) in [4.78, 5) is 4.73. The molecule has 2 unspecified atom stereocenters. The molecule has 2 aromatic rings. The van der Waals surface area contributed by atoms with E-state index in [0.717, 1.165) is 53.4 Å². The standard InChI is InChI=1S/C25H31BrN2O4/c1-18(2)27-11-13-28(14-12-27)19-5-7-20(8-6-19)30-16-22-17-31-25(3,32-22)23-10-9-21(29-4)15-24(23)26/h5-10,15,22H,1,11-14,16-17H2,2-4H3. The molecule has 2 aliphatic heterocycles. The van der Waals surface area contributed by atoms with E-state index in [0.29, 0.717) is 13.2 Å². The minimum absolute atomic E-state index is 0.149. The number of halogens is 1. The number of methoxy groups -OCH3 is 1. The molecule has 0 amide bonds. The van der Waals surface area contributed by atoms with E-state index in [4.69, 9.17) is 18.9 Å². The Hall–Kier alpha value is -2.22. The highest BCUT2D eigenvalue weighted by Gasteiger charge is 2.40. The maximum atomic E-state index is 6.22. The molecule has 32 heavy (non-hydrogen) atoms. The number of ether oxygens (including phenoxy) is 4. The molecule has 0 saturated carbocycles. The second kappa shape index (κ2) is 9.73. The van der Waals surface area contributed by atoms with Crippen LogP contribution in [0.5, 0.6) is 11.5 Å². The molecule has 2 saturated heterocycles. The van der Waals surface area contributed by atoms with Gasteiger partial charge in [0.25, 0.3) is 0 Å². The number of allylic oxidation sites excluding steroid dienone is 1. The molecule has 0 radical (unpaired) electrons. The first kappa shape index (κ1) is 23.0. The summed E-state index contributed by atoms with van der Waals surface area (Å²) in [6.07, 6.45) is -0.149. The van der Waals surface area contributed by atoms with E-state index in [2.05, 4.69) is 51.4 Å². The van der Waals surface area contributed by atoms with Gasteiger partial charge in [0, 0.05) is 47.6 Å². The molecule has 0 N–H and O–H groups in total. The summed E-state index contributed by atoms with van der Waals surface area (Å²) in [5.74, 6) is 0.787. The van der Waals surface area contributed by atoms with E-state index >= 15 is 0 Å². The monoisotopic (exact) mass is 502 g/mol. The molecule has 0 aromatic heterocycles. The highest BCUT2D eigenvalue weighted by atomic mass is 79.9. The zero-order chi connectivity index (χ0) is 22.7. The third kappa shape index (κ3) is 5.05. The lowest BCUT2D eigenvalue weighted by Gasteiger charge is -2.37. The van der Waals surface area contributed by atoms with Crippen LogP contribution in [-0.4, -0.2) is 57.5 Å². The number of nitrogens with zero attached hydrogens (tertiary/aromatic N) is 2. The normalized spacial score (nSPS) is 23.3. The van der Waals surface area contributed by atoms with Gasteiger partial charge in [0.2, 0.25) is 0 Å². The van der Waals surface area contributed by atoms with Gasteiger partial charge in [-0.3, -0.25) is 0 Å². The fourth-order valence-corrected chi connectivity index (χ4v) is 4.86. The summed E-state index contributed by atoms with van der Waals surface area (Å²) in [7, 11) is 1.65. The van der Waals surface area contributed by atoms with Gasteiger partial charge in [-0.15, -0.1) is 0 Å². The van der Waals surface area contributed by atoms with Gasteiger partial charge in [0.1, 0.15) is 24.2 Å². The molecule has 0 aliphatic carbocycles. The van der Waals surface area contributed by atoms with Crippen molar-refractivity contribution < 1.29 is 18.9 Å². The molecule has 4 rings (SSSR count). The fraction of sp³-hybridized carbons (Fsp3) is 0.440. The average Bonchev–Trinajstić information content (AvgIpc) is 3.19. The molecule has 2 heterocycles. The molecule has 2 fully saturated rings. The highest BCUT2D eigenvalue weighted by molar-refractivity contribution is 9.10. The van der Waals surface area contributed by atoms with Gasteiger partial charge in [-0.25, -0.2) is 0 Å². The Balaban J connectivity index is 1.30. The Morgan fingerprint density at radius 1 is 1.12 bits per heavy atom. The van der Waals surface area contributed by atoms with Gasteiger partial charge in [0.05, 0.1) is 13.7 Å². The smallest absolute Gasteiger partial charge is 0.193 e. The van der Waals surface area contributed by atoms with Crippen molar-refractivity contribution >= 4 is 21.6 Å². The number of hydrogen-bond acceptors (Lipinski definition) is 6. The lowest BCUT2D eigenvalue weighted by molar-refractivity contribution is -0.165. The molecule has 6 nitrogen and oxygen atoms in total. The second-order valence-electron chi connectivity index (χ2n) is 8.36. The number of rotatable bonds is 7. The van der Waals surface area contributed by atoms with E-state index in [-0.39, 0.29) is 6.10 Å². The second-order valence-corrected chi connectivity index (χ2v) is 9.21. The first-order chi connectivity index (χ1) is 15.4. The van der Waals surface area contributed by atoms with Gasteiger partial charge in [-0.1, -0.05) is 22.5 Å². The van der Waals surface area contributed by atoms with Crippen LogP contribution in [0.15, 0.2) is 59.2 Å². The minimum atomic E-state index is -0.824. The first-order valence-electron chi connectivity index (χ1n) is 10.9. The van der Waals surface area contributed by atoms with Gasteiger partial charge in [-0.05, 0) is 56.3 Å². The van der Waals surface area contributed by atoms with Crippen LogP contribution in [0.25, 0.3) is 0 Å². The highest BCUT2D eigenvalue weighted by Crippen LogP contribution is 2.39. The molecule has 2 aromatic carbocycles. The SMILES string of the molecule is C=C(C)N1CCN(c2ccc(OCC3COC(C)(c4ccc(OC)cc4Br)O3)cc2)CC1. The van der Waals surface area contributed by atoms with Gasteiger partial charge >= 0.3 is 0 Å². The Morgan fingerprint density at radius 2 is 1.81 bits per heavy atom. The van der Waals surface area contributed by atoms with Crippen LogP contribution in [0.3, 0.4) is 0 Å². The third-order valence-electron chi connectivity index (χ3n) is 6.06. The minimum Gasteiger partial charge on any atom is -0.497 e. The number of hydrogen-bond donors (Lipinski definition) is 0. The van der Waals surface area contributed by atoms with E-state index in [9.17, 15) is 0 Å². The van der Waals surface area contributed by atoms with Crippen molar-refractivity contribution in [1.29, 1.82) is 0 Å². The predicted molar refractivity (Wildman–Crippen MR) is 129 cm³/mol. The lowest BCUT2D eigenvalue weighted by Crippen LogP contribution is -2.45. The third-order valence-corrected chi connectivity index (χ3v) is 6.72. The number of benzene rings is 2.